The quantitative estimate of drug-likeness (QED) is 0.861. The van der Waals surface area contributed by atoms with E-state index in [-0.39, 0.29) is 5.91 Å². The van der Waals surface area contributed by atoms with Gasteiger partial charge in [-0.2, -0.15) is 0 Å². The number of hydrogen-bond acceptors (Lipinski definition) is 5. The minimum atomic E-state index is -0.307. The van der Waals surface area contributed by atoms with Crippen molar-refractivity contribution in [3.63, 3.8) is 0 Å². The van der Waals surface area contributed by atoms with Crippen LogP contribution in [0.4, 0.5) is 5.82 Å². The van der Waals surface area contributed by atoms with Crippen LogP contribution in [0.25, 0.3) is 6.08 Å². The van der Waals surface area contributed by atoms with Crippen molar-refractivity contribution >= 4 is 29.4 Å². The highest BCUT2D eigenvalue weighted by molar-refractivity contribution is 6.30. The zero-order valence-corrected chi connectivity index (χ0v) is 13.7. The molecule has 2 aromatic rings. The number of carbonyl (C=O) groups excluding carboxylic acids is 1. The van der Waals surface area contributed by atoms with Crippen LogP contribution in [0.5, 0.6) is 17.2 Å². The number of halogens is 1. The molecule has 1 aliphatic heterocycles. The van der Waals surface area contributed by atoms with Crippen molar-refractivity contribution in [1.82, 2.24) is 4.98 Å². The van der Waals surface area contributed by atoms with E-state index >= 15 is 0 Å². The fraction of sp³-hybridized carbons (Fsp3) is 0.176. The Bertz CT molecular complexity index is 758. The lowest BCUT2D eigenvalue weighted by molar-refractivity contribution is -0.111. The van der Waals surface area contributed by atoms with Crippen LogP contribution < -0.4 is 19.5 Å². The van der Waals surface area contributed by atoms with Crippen LogP contribution in [-0.2, 0) is 4.79 Å². The summed E-state index contributed by atoms with van der Waals surface area (Å²) in [5.41, 5.74) is 0.760. The van der Waals surface area contributed by atoms with Crippen LogP contribution in [0.3, 0.4) is 0 Å². The molecule has 0 saturated carbocycles. The molecular formula is C17H15ClN2O4. The minimum Gasteiger partial charge on any atom is -0.493 e. The van der Waals surface area contributed by atoms with E-state index in [9.17, 15) is 4.79 Å². The summed E-state index contributed by atoms with van der Waals surface area (Å²) in [7, 11) is 1.56. The average Bonchev–Trinajstić information content (AvgIpc) is 2.61. The van der Waals surface area contributed by atoms with E-state index in [0.717, 1.165) is 5.56 Å². The number of nitrogens with one attached hydrogen (secondary N) is 1. The number of anilines is 1. The minimum absolute atomic E-state index is 0.307. The summed E-state index contributed by atoms with van der Waals surface area (Å²) in [5.74, 6) is 1.86. The number of rotatable bonds is 4. The maximum absolute atomic E-state index is 12.0. The Labute approximate surface area is 144 Å². The summed E-state index contributed by atoms with van der Waals surface area (Å²) in [4.78, 5) is 16.0. The van der Waals surface area contributed by atoms with E-state index in [1.165, 1.54) is 12.3 Å². The Morgan fingerprint density at radius 2 is 2.17 bits per heavy atom. The van der Waals surface area contributed by atoms with Gasteiger partial charge in [-0.1, -0.05) is 11.6 Å². The number of pyridine rings is 1. The zero-order chi connectivity index (χ0) is 16.9. The first kappa shape index (κ1) is 16.1. The second kappa shape index (κ2) is 7.23. The van der Waals surface area contributed by atoms with Crippen molar-refractivity contribution in [2.24, 2.45) is 0 Å². The van der Waals surface area contributed by atoms with Crippen molar-refractivity contribution in [1.29, 1.82) is 0 Å². The number of nitrogens with zero attached hydrogens (tertiary/aromatic N) is 1. The van der Waals surface area contributed by atoms with Gasteiger partial charge in [-0.25, -0.2) is 4.98 Å². The molecule has 24 heavy (non-hydrogen) atoms. The Morgan fingerprint density at radius 3 is 2.92 bits per heavy atom. The number of ether oxygens (including phenoxy) is 3. The molecule has 0 bridgehead atoms. The fourth-order valence-corrected chi connectivity index (χ4v) is 2.29. The van der Waals surface area contributed by atoms with Crippen LogP contribution in [0.1, 0.15) is 5.56 Å². The number of fused-ring (bicyclic) bond motifs is 1. The molecule has 1 N–H and O–H groups in total. The molecule has 0 unspecified atom stereocenters. The molecule has 3 rings (SSSR count). The van der Waals surface area contributed by atoms with Crippen molar-refractivity contribution < 1.29 is 19.0 Å². The van der Waals surface area contributed by atoms with Crippen molar-refractivity contribution in [2.45, 2.75) is 0 Å². The van der Waals surface area contributed by atoms with E-state index in [0.29, 0.717) is 41.3 Å². The lowest BCUT2D eigenvalue weighted by Crippen LogP contribution is -2.16. The van der Waals surface area contributed by atoms with E-state index < -0.39 is 0 Å². The van der Waals surface area contributed by atoms with Gasteiger partial charge in [0.05, 0.1) is 12.1 Å². The molecule has 0 spiro atoms. The highest BCUT2D eigenvalue weighted by atomic mass is 35.5. The molecule has 0 atom stereocenters. The van der Waals surface area contributed by atoms with Gasteiger partial charge < -0.3 is 19.5 Å². The van der Waals surface area contributed by atoms with Gasteiger partial charge in [-0.15, -0.1) is 0 Å². The lowest BCUT2D eigenvalue weighted by Gasteiger charge is -2.20. The molecule has 1 aromatic carbocycles. The third-order valence-electron chi connectivity index (χ3n) is 3.26. The van der Waals surface area contributed by atoms with Crippen molar-refractivity contribution in [3.05, 3.63) is 47.1 Å². The molecule has 0 saturated heterocycles. The van der Waals surface area contributed by atoms with Crippen LogP contribution in [0, 0.1) is 0 Å². The highest BCUT2D eigenvalue weighted by Gasteiger charge is 2.17. The molecule has 124 valence electrons. The fourth-order valence-electron chi connectivity index (χ4n) is 2.18. The molecule has 2 heterocycles. The summed E-state index contributed by atoms with van der Waals surface area (Å²) in [6.45, 7) is 0.959. The first-order valence-electron chi connectivity index (χ1n) is 7.24. The van der Waals surface area contributed by atoms with E-state index in [1.54, 1.807) is 37.5 Å². The molecule has 1 amide bonds. The predicted octanol–water partition coefficient (Wildman–Crippen LogP) is 3.17. The Hall–Kier alpha value is -2.73. The van der Waals surface area contributed by atoms with Gasteiger partial charge in [-0.05, 0) is 35.9 Å². The summed E-state index contributed by atoms with van der Waals surface area (Å²) in [6, 6.07) is 6.85. The zero-order valence-electron chi connectivity index (χ0n) is 12.9. The van der Waals surface area contributed by atoms with Crippen LogP contribution in [0.15, 0.2) is 36.5 Å². The molecule has 0 radical (unpaired) electrons. The normalized spacial score (nSPS) is 12.9. The predicted molar refractivity (Wildman–Crippen MR) is 90.9 cm³/mol. The third kappa shape index (κ3) is 3.78. The summed E-state index contributed by atoms with van der Waals surface area (Å²) in [6.07, 6.45) is 4.53. The topological polar surface area (TPSA) is 69.7 Å². The number of methoxy groups -OCH3 is 1. The maximum Gasteiger partial charge on any atom is 0.249 e. The van der Waals surface area contributed by atoms with Crippen LogP contribution in [-0.4, -0.2) is 31.2 Å². The molecular weight excluding hydrogens is 332 g/mol. The van der Waals surface area contributed by atoms with Gasteiger partial charge in [0.15, 0.2) is 11.5 Å². The van der Waals surface area contributed by atoms with Gasteiger partial charge in [0.1, 0.15) is 19.0 Å². The summed E-state index contributed by atoms with van der Waals surface area (Å²) < 4.78 is 16.4. The van der Waals surface area contributed by atoms with Crippen molar-refractivity contribution in [2.75, 3.05) is 25.6 Å². The number of benzene rings is 1. The number of hydrogen-bond donors (Lipinski definition) is 1. The number of amides is 1. The first-order chi connectivity index (χ1) is 11.7. The Balaban J connectivity index is 1.73. The molecule has 7 heteroatoms. The molecule has 1 aliphatic rings. The molecule has 0 fully saturated rings. The lowest BCUT2D eigenvalue weighted by atomic mass is 10.1. The smallest absolute Gasteiger partial charge is 0.249 e. The van der Waals surface area contributed by atoms with Gasteiger partial charge in [0.2, 0.25) is 11.7 Å². The second-order valence-electron chi connectivity index (χ2n) is 4.93. The van der Waals surface area contributed by atoms with Gasteiger partial charge in [-0.3, -0.25) is 4.79 Å². The summed E-state index contributed by atoms with van der Waals surface area (Å²) >= 11 is 5.75. The molecule has 6 nitrogen and oxygen atoms in total. The SMILES string of the molecule is COc1cc(/C=C/C(=O)Nc2ccc(Cl)cn2)cc2c1OCCO2. The van der Waals surface area contributed by atoms with Crippen molar-refractivity contribution in [3.8, 4) is 17.2 Å². The summed E-state index contributed by atoms with van der Waals surface area (Å²) in [5, 5.41) is 3.15. The third-order valence-corrected chi connectivity index (χ3v) is 3.48. The van der Waals surface area contributed by atoms with E-state index in [4.69, 9.17) is 25.8 Å². The van der Waals surface area contributed by atoms with E-state index in [2.05, 4.69) is 10.3 Å². The largest absolute Gasteiger partial charge is 0.493 e. The Morgan fingerprint density at radius 1 is 1.33 bits per heavy atom. The van der Waals surface area contributed by atoms with Crippen LogP contribution >= 0.6 is 11.6 Å². The maximum atomic E-state index is 12.0. The highest BCUT2D eigenvalue weighted by Crippen LogP contribution is 2.40. The number of aromatic nitrogens is 1. The monoisotopic (exact) mass is 346 g/mol. The first-order valence-corrected chi connectivity index (χ1v) is 7.62. The standard InChI is InChI=1S/C17H15ClN2O4/c1-22-13-8-11(9-14-17(13)24-7-6-23-14)2-5-16(21)20-15-4-3-12(18)10-19-15/h2-5,8-10H,6-7H2,1H3,(H,19,20,21)/b5-2+. The van der Waals surface area contributed by atoms with E-state index in [1.807, 2.05) is 0 Å². The average molecular weight is 347 g/mol. The Kier molecular flexibility index (Phi) is 4.86. The van der Waals surface area contributed by atoms with Gasteiger partial charge in [0, 0.05) is 12.3 Å². The van der Waals surface area contributed by atoms with Gasteiger partial charge in [0.25, 0.3) is 0 Å². The van der Waals surface area contributed by atoms with Gasteiger partial charge >= 0.3 is 0 Å². The molecule has 0 aliphatic carbocycles. The number of carbonyl (C=O) groups is 1. The molecule has 1 aromatic heterocycles. The van der Waals surface area contributed by atoms with Crippen LogP contribution in [0.2, 0.25) is 5.02 Å². The second-order valence-corrected chi connectivity index (χ2v) is 5.37.